The van der Waals surface area contributed by atoms with Gasteiger partial charge in [0.25, 0.3) is 5.91 Å². The molecular weight excluding hydrogens is 462 g/mol. The summed E-state index contributed by atoms with van der Waals surface area (Å²) in [5.41, 5.74) is -0.580. The number of benzene rings is 2. The van der Waals surface area contributed by atoms with Crippen molar-refractivity contribution in [2.24, 2.45) is 0 Å². The Bertz CT molecular complexity index is 1180. The maximum atomic E-state index is 13.3. The van der Waals surface area contributed by atoms with Crippen molar-refractivity contribution in [2.45, 2.75) is 25.1 Å². The Balaban J connectivity index is 1.45. The van der Waals surface area contributed by atoms with Gasteiger partial charge in [0.2, 0.25) is 5.01 Å². The fourth-order valence-electron chi connectivity index (χ4n) is 3.45. The minimum absolute atomic E-state index is 0.0212. The van der Waals surface area contributed by atoms with Gasteiger partial charge in [0.15, 0.2) is 0 Å². The summed E-state index contributed by atoms with van der Waals surface area (Å²) in [5.74, 6) is -1.07. The van der Waals surface area contributed by atoms with E-state index in [1.54, 1.807) is 0 Å². The Morgan fingerprint density at radius 3 is 2.48 bits per heavy atom. The lowest BCUT2D eigenvalue weighted by atomic mass is 10.2. The number of rotatable bonds is 4. The van der Waals surface area contributed by atoms with E-state index in [-0.39, 0.29) is 16.4 Å². The molecule has 1 fully saturated rings. The second-order valence-corrected chi connectivity index (χ2v) is 8.28. The van der Waals surface area contributed by atoms with Gasteiger partial charge in [-0.2, -0.15) is 13.2 Å². The lowest BCUT2D eigenvalue weighted by molar-refractivity contribution is -0.137. The van der Waals surface area contributed by atoms with E-state index in [2.05, 4.69) is 20.8 Å². The molecule has 3 amide bonds. The number of carbonyl (C=O) groups excluding carboxylic acids is 2. The predicted molar refractivity (Wildman–Crippen MR) is 113 cm³/mol. The van der Waals surface area contributed by atoms with Gasteiger partial charge in [-0.1, -0.05) is 23.5 Å². The fourth-order valence-corrected chi connectivity index (χ4v) is 4.33. The standard InChI is InChI=1S/C21H17F4N5O2S/c22-13-5-2-7-15(11-13)26-17(31)19-29-28-18(33-19)16-8-3-9-30(16)20(32)27-14-6-1-4-12(10-14)21(23,24)25/h1-2,4-7,10-11,16H,3,8-9H2,(H,26,31)(H,27,32). The molecule has 0 radical (unpaired) electrons. The third-order valence-corrected chi connectivity index (χ3v) is 5.98. The molecule has 12 heteroatoms. The highest BCUT2D eigenvalue weighted by Crippen LogP contribution is 2.35. The average molecular weight is 479 g/mol. The molecular formula is C21H17F4N5O2S. The molecule has 2 N–H and O–H groups in total. The first-order valence-electron chi connectivity index (χ1n) is 9.86. The summed E-state index contributed by atoms with van der Waals surface area (Å²) in [6, 6.07) is 8.73. The summed E-state index contributed by atoms with van der Waals surface area (Å²) in [4.78, 5) is 26.6. The summed E-state index contributed by atoms with van der Waals surface area (Å²) >= 11 is 0.997. The number of amides is 3. The Hall–Kier alpha value is -3.54. The number of anilines is 2. The Morgan fingerprint density at radius 2 is 1.76 bits per heavy atom. The molecule has 7 nitrogen and oxygen atoms in total. The van der Waals surface area contributed by atoms with Gasteiger partial charge in [-0.05, 0) is 49.2 Å². The van der Waals surface area contributed by atoms with E-state index in [9.17, 15) is 27.2 Å². The van der Waals surface area contributed by atoms with E-state index in [4.69, 9.17) is 0 Å². The van der Waals surface area contributed by atoms with E-state index in [1.165, 1.54) is 35.2 Å². The molecule has 0 aliphatic carbocycles. The topological polar surface area (TPSA) is 87.2 Å². The van der Waals surface area contributed by atoms with E-state index in [0.29, 0.717) is 24.4 Å². The monoisotopic (exact) mass is 479 g/mol. The molecule has 1 aliphatic rings. The zero-order chi connectivity index (χ0) is 23.6. The number of halogens is 4. The molecule has 0 saturated carbocycles. The number of nitrogens with one attached hydrogen (secondary N) is 2. The van der Waals surface area contributed by atoms with Crippen LogP contribution in [0.5, 0.6) is 0 Å². The molecule has 2 heterocycles. The quantitative estimate of drug-likeness (QED) is 0.496. The summed E-state index contributed by atoms with van der Waals surface area (Å²) in [7, 11) is 0. The lowest BCUT2D eigenvalue weighted by Crippen LogP contribution is -2.34. The number of carbonyl (C=O) groups is 2. The molecule has 2 aromatic carbocycles. The summed E-state index contributed by atoms with van der Waals surface area (Å²) in [6.45, 7) is 0.375. The van der Waals surface area contributed by atoms with Crippen molar-refractivity contribution in [3.8, 4) is 0 Å². The van der Waals surface area contributed by atoms with Crippen LogP contribution in [0.1, 0.15) is 39.3 Å². The van der Waals surface area contributed by atoms with Crippen LogP contribution in [0.3, 0.4) is 0 Å². The highest BCUT2D eigenvalue weighted by molar-refractivity contribution is 7.13. The van der Waals surface area contributed by atoms with Gasteiger partial charge < -0.3 is 15.5 Å². The van der Waals surface area contributed by atoms with E-state index < -0.39 is 35.5 Å². The fraction of sp³-hybridized carbons (Fsp3) is 0.238. The first kappa shape index (κ1) is 22.6. The van der Waals surface area contributed by atoms with Gasteiger partial charge >= 0.3 is 12.2 Å². The maximum Gasteiger partial charge on any atom is 0.416 e. The van der Waals surface area contributed by atoms with E-state index in [0.717, 1.165) is 29.5 Å². The van der Waals surface area contributed by atoms with Crippen molar-refractivity contribution < 1.29 is 27.2 Å². The van der Waals surface area contributed by atoms with Crippen molar-refractivity contribution in [2.75, 3.05) is 17.2 Å². The number of urea groups is 1. The van der Waals surface area contributed by atoms with Crippen molar-refractivity contribution in [3.05, 3.63) is 69.9 Å². The van der Waals surface area contributed by atoms with Gasteiger partial charge in [0.1, 0.15) is 10.8 Å². The first-order chi connectivity index (χ1) is 15.7. The van der Waals surface area contributed by atoms with Crippen LogP contribution < -0.4 is 10.6 Å². The predicted octanol–water partition coefficient (Wildman–Crippen LogP) is 5.32. The first-order valence-corrected chi connectivity index (χ1v) is 10.7. The zero-order valence-electron chi connectivity index (χ0n) is 16.9. The largest absolute Gasteiger partial charge is 0.416 e. The van der Waals surface area contributed by atoms with Gasteiger partial charge in [-0.3, -0.25) is 4.79 Å². The smallest absolute Gasteiger partial charge is 0.320 e. The van der Waals surface area contributed by atoms with Gasteiger partial charge in [0.05, 0.1) is 11.6 Å². The van der Waals surface area contributed by atoms with Crippen LogP contribution >= 0.6 is 11.3 Å². The normalized spacial score (nSPS) is 16.0. The number of hydrogen-bond donors (Lipinski definition) is 2. The van der Waals surface area contributed by atoms with Gasteiger partial charge in [-0.25, -0.2) is 9.18 Å². The minimum atomic E-state index is -4.52. The van der Waals surface area contributed by atoms with Crippen LogP contribution in [0.15, 0.2) is 48.5 Å². The van der Waals surface area contributed by atoms with Crippen LogP contribution in [-0.2, 0) is 6.18 Å². The molecule has 3 aromatic rings. The molecule has 1 aliphatic heterocycles. The van der Waals surface area contributed by atoms with Gasteiger partial charge in [0, 0.05) is 17.9 Å². The van der Waals surface area contributed by atoms with Gasteiger partial charge in [-0.15, -0.1) is 10.2 Å². The summed E-state index contributed by atoms with van der Waals surface area (Å²) in [5, 5.41) is 13.4. The molecule has 0 bridgehead atoms. The SMILES string of the molecule is O=C(Nc1cccc(F)c1)c1nnc(C2CCCN2C(=O)Nc2cccc(C(F)(F)F)c2)s1. The summed E-state index contributed by atoms with van der Waals surface area (Å²) in [6.07, 6.45) is -3.30. The average Bonchev–Trinajstić information content (AvgIpc) is 3.43. The zero-order valence-corrected chi connectivity index (χ0v) is 17.7. The number of nitrogens with zero attached hydrogens (tertiary/aromatic N) is 3. The van der Waals surface area contributed by atoms with Crippen LogP contribution in [0, 0.1) is 5.82 Å². The number of likely N-dealkylation sites (tertiary alicyclic amines) is 1. The Labute approximate surface area is 189 Å². The Morgan fingerprint density at radius 1 is 1.03 bits per heavy atom. The molecule has 1 unspecified atom stereocenters. The van der Waals surface area contributed by atoms with Crippen molar-refractivity contribution in [3.63, 3.8) is 0 Å². The van der Waals surface area contributed by atoms with E-state index >= 15 is 0 Å². The van der Waals surface area contributed by atoms with Crippen molar-refractivity contribution in [1.29, 1.82) is 0 Å². The third kappa shape index (κ3) is 5.28. The molecule has 0 spiro atoms. The number of hydrogen-bond acceptors (Lipinski definition) is 5. The molecule has 172 valence electrons. The molecule has 33 heavy (non-hydrogen) atoms. The van der Waals surface area contributed by atoms with Crippen molar-refractivity contribution >= 4 is 34.6 Å². The van der Waals surface area contributed by atoms with Crippen LogP contribution in [0.4, 0.5) is 33.7 Å². The molecule has 4 rings (SSSR count). The highest BCUT2D eigenvalue weighted by atomic mass is 32.1. The molecule has 1 saturated heterocycles. The lowest BCUT2D eigenvalue weighted by Gasteiger charge is -2.23. The van der Waals surface area contributed by atoms with E-state index in [1.807, 2.05) is 0 Å². The highest BCUT2D eigenvalue weighted by Gasteiger charge is 2.34. The number of alkyl halides is 3. The second-order valence-electron chi connectivity index (χ2n) is 7.27. The number of aromatic nitrogens is 2. The third-order valence-electron chi connectivity index (χ3n) is 4.96. The van der Waals surface area contributed by atoms with Crippen LogP contribution in [0.2, 0.25) is 0 Å². The minimum Gasteiger partial charge on any atom is -0.320 e. The maximum absolute atomic E-state index is 13.3. The van der Waals surface area contributed by atoms with Crippen LogP contribution in [0.25, 0.3) is 0 Å². The Kier molecular flexibility index (Phi) is 6.27. The molecule has 1 aromatic heterocycles. The van der Waals surface area contributed by atoms with Crippen molar-refractivity contribution in [1.82, 2.24) is 15.1 Å². The second kappa shape index (κ2) is 9.14. The molecule has 1 atom stereocenters. The summed E-state index contributed by atoms with van der Waals surface area (Å²) < 4.78 is 52.1. The van der Waals surface area contributed by atoms with Crippen LogP contribution in [-0.4, -0.2) is 33.6 Å².